The highest BCUT2D eigenvalue weighted by molar-refractivity contribution is 5.86. The van der Waals surface area contributed by atoms with Crippen molar-refractivity contribution in [3.05, 3.63) is 87.6 Å². The molecule has 5 heterocycles. The van der Waals surface area contributed by atoms with E-state index in [0.29, 0.717) is 36.6 Å². The van der Waals surface area contributed by atoms with Crippen LogP contribution in [-0.2, 0) is 19.6 Å². The molecule has 1 saturated heterocycles. The Hall–Kier alpha value is -4.05. The Labute approximate surface area is 230 Å². The van der Waals surface area contributed by atoms with Crippen LogP contribution in [0.2, 0.25) is 0 Å². The van der Waals surface area contributed by atoms with E-state index in [-0.39, 0.29) is 29.2 Å². The maximum Gasteiger partial charge on any atom is 0.213 e. The van der Waals surface area contributed by atoms with Crippen LogP contribution in [0, 0.1) is 18.6 Å². The minimum absolute atomic E-state index is 0.132. The lowest BCUT2D eigenvalue weighted by Crippen LogP contribution is -2.48. The number of aromatic nitrogens is 3. The van der Waals surface area contributed by atoms with Gasteiger partial charge < -0.3 is 18.9 Å². The second-order valence-electron chi connectivity index (χ2n) is 10.4. The van der Waals surface area contributed by atoms with Crippen LogP contribution in [0.4, 0.5) is 14.5 Å². The molecule has 1 aromatic carbocycles. The molecule has 0 radical (unpaired) electrons. The summed E-state index contributed by atoms with van der Waals surface area (Å²) in [4.78, 5) is 27.0. The van der Waals surface area contributed by atoms with Gasteiger partial charge in [-0.2, -0.15) is 4.39 Å². The number of hydrogen-bond acceptors (Lipinski definition) is 7. The zero-order valence-electron chi connectivity index (χ0n) is 22.6. The van der Waals surface area contributed by atoms with Crippen molar-refractivity contribution in [3.63, 3.8) is 0 Å². The predicted molar refractivity (Wildman–Crippen MR) is 148 cm³/mol. The molecule has 1 fully saturated rings. The van der Waals surface area contributed by atoms with Gasteiger partial charge in [-0.25, -0.2) is 9.37 Å². The summed E-state index contributed by atoms with van der Waals surface area (Å²) in [6.07, 6.45) is 7.34. The number of hydrogen-bond donors (Lipinski definition) is 0. The normalized spacial score (nSPS) is 16.8. The van der Waals surface area contributed by atoms with E-state index >= 15 is 0 Å². The van der Waals surface area contributed by atoms with Crippen LogP contribution in [0.25, 0.3) is 10.9 Å². The standard InChI is InChI=1S/C30H31F2N5O3/c1-19-5-6-22(14-34-19)35-9-3-4-23(18-35)37(15-20-7-8-33-26(12-20)39-2)17-21-16-36-10-11-40-30-27(32)25(31)13-24(28(30)36)29(21)38/h5-8,12-14,16,23H,3-4,9-11,15,17-18H2,1-2H3/t23-/m0/s1. The van der Waals surface area contributed by atoms with Gasteiger partial charge >= 0.3 is 0 Å². The van der Waals surface area contributed by atoms with Gasteiger partial charge in [0.25, 0.3) is 0 Å². The lowest BCUT2D eigenvalue weighted by atomic mass is 10.0. The number of piperidine rings is 1. The molecule has 2 aliphatic heterocycles. The van der Waals surface area contributed by atoms with E-state index in [1.54, 1.807) is 19.5 Å². The van der Waals surface area contributed by atoms with Gasteiger partial charge in [-0.1, -0.05) is 0 Å². The van der Waals surface area contributed by atoms with E-state index in [2.05, 4.69) is 25.8 Å². The number of benzene rings is 1. The van der Waals surface area contributed by atoms with Crippen LogP contribution >= 0.6 is 0 Å². The van der Waals surface area contributed by atoms with Crippen LogP contribution in [0.15, 0.2) is 53.7 Å². The summed E-state index contributed by atoms with van der Waals surface area (Å²) in [7, 11) is 1.58. The lowest BCUT2D eigenvalue weighted by Gasteiger charge is -2.40. The number of anilines is 1. The van der Waals surface area contributed by atoms with E-state index in [1.165, 1.54) is 0 Å². The summed E-state index contributed by atoms with van der Waals surface area (Å²) in [6.45, 7) is 5.22. The molecule has 40 heavy (non-hydrogen) atoms. The maximum absolute atomic E-state index is 14.5. The molecule has 0 aliphatic carbocycles. The van der Waals surface area contributed by atoms with Gasteiger partial charge in [0.15, 0.2) is 17.0 Å². The van der Waals surface area contributed by atoms with Gasteiger partial charge in [-0.15, -0.1) is 0 Å². The fourth-order valence-corrected chi connectivity index (χ4v) is 5.76. The third-order valence-corrected chi connectivity index (χ3v) is 7.81. The van der Waals surface area contributed by atoms with Gasteiger partial charge in [-0.3, -0.25) is 14.7 Å². The quantitative estimate of drug-likeness (QED) is 0.339. The van der Waals surface area contributed by atoms with Crippen molar-refractivity contribution >= 4 is 16.6 Å². The summed E-state index contributed by atoms with van der Waals surface area (Å²) >= 11 is 0. The number of halogens is 2. The largest absolute Gasteiger partial charge is 0.486 e. The van der Waals surface area contributed by atoms with Crippen LogP contribution in [0.3, 0.4) is 0 Å². The van der Waals surface area contributed by atoms with E-state index in [0.717, 1.165) is 48.9 Å². The molecular weight excluding hydrogens is 516 g/mol. The fraction of sp³-hybridized carbons (Fsp3) is 0.367. The molecule has 208 valence electrons. The molecule has 0 N–H and O–H groups in total. The molecule has 3 aromatic heterocycles. The van der Waals surface area contributed by atoms with Crippen LogP contribution in [0.5, 0.6) is 11.6 Å². The number of nitrogens with zero attached hydrogens (tertiary/aromatic N) is 5. The Balaban J connectivity index is 1.38. The third-order valence-electron chi connectivity index (χ3n) is 7.81. The number of methoxy groups -OCH3 is 1. The summed E-state index contributed by atoms with van der Waals surface area (Å²) < 4.78 is 41.5. The van der Waals surface area contributed by atoms with Crippen molar-refractivity contribution in [1.82, 2.24) is 19.4 Å². The summed E-state index contributed by atoms with van der Waals surface area (Å²) in [6, 6.07) is 9.08. The molecule has 6 rings (SSSR count). The fourth-order valence-electron chi connectivity index (χ4n) is 5.76. The Morgan fingerprint density at radius 1 is 1.15 bits per heavy atom. The van der Waals surface area contributed by atoms with E-state index in [9.17, 15) is 13.6 Å². The van der Waals surface area contributed by atoms with Gasteiger partial charge in [0.2, 0.25) is 11.7 Å². The molecule has 0 unspecified atom stereocenters. The highest BCUT2D eigenvalue weighted by Crippen LogP contribution is 2.33. The Bertz CT molecular complexity index is 1610. The van der Waals surface area contributed by atoms with Crippen LogP contribution in [-0.4, -0.2) is 52.3 Å². The third kappa shape index (κ3) is 4.99. The molecule has 4 aromatic rings. The first-order valence-electron chi connectivity index (χ1n) is 13.5. The smallest absolute Gasteiger partial charge is 0.213 e. The lowest BCUT2D eigenvalue weighted by molar-refractivity contribution is 0.157. The van der Waals surface area contributed by atoms with Crippen LogP contribution in [0.1, 0.15) is 29.7 Å². The average molecular weight is 548 g/mol. The Morgan fingerprint density at radius 2 is 2.02 bits per heavy atom. The molecule has 1 atom stereocenters. The summed E-state index contributed by atoms with van der Waals surface area (Å²) in [5.74, 6) is -1.82. The summed E-state index contributed by atoms with van der Waals surface area (Å²) in [5.41, 5.74) is 3.57. The predicted octanol–water partition coefficient (Wildman–Crippen LogP) is 4.45. The zero-order chi connectivity index (χ0) is 27.8. The topological polar surface area (TPSA) is 72.7 Å². The van der Waals surface area contributed by atoms with Crippen molar-refractivity contribution in [2.75, 3.05) is 31.7 Å². The van der Waals surface area contributed by atoms with E-state index < -0.39 is 11.6 Å². The van der Waals surface area contributed by atoms with Crippen molar-refractivity contribution in [3.8, 4) is 11.6 Å². The molecule has 10 heteroatoms. The second-order valence-corrected chi connectivity index (χ2v) is 10.4. The van der Waals surface area contributed by atoms with Gasteiger partial charge in [0.1, 0.15) is 6.61 Å². The van der Waals surface area contributed by atoms with E-state index in [4.69, 9.17) is 9.47 Å². The zero-order valence-corrected chi connectivity index (χ0v) is 22.6. The van der Waals surface area contributed by atoms with Gasteiger partial charge in [-0.05, 0) is 49.6 Å². The summed E-state index contributed by atoms with van der Waals surface area (Å²) in [5, 5.41) is 0.132. The first-order valence-corrected chi connectivity index (χ1v) is 13.5. The number of aryl methyl sites for hydroxylation is 1. The van der Waals surface area contributed by atoms with E-state index in [1.807, 2.05) is 35.9 Å². The van der Waals surface area contributed by atoms with Crippen molar-refractivity contribution in [2.45, 2.75) is 45.4 Å². The molecule has 8 nitrogen and oxygen atoms in total. The molecule has 2 aliphatic rings. The maximum atomic E-state index is 14.5. The minimum Gasteiger partial charge on any atom is -0.486 e. The number of rotatable bonds is 7. The molecule has 0 spiro atoms. The first kappa shape index (κ1) is 26.2. The van der Waals surface area contributed by atoms with Gasteiger partial charge in [0, 0.05) is 61.9 Å². The second kappa shape index (κ2) is 10.8. The Morgan fingerprint density at radius 3 is 2.83 bits per heavy atom. The van der Waals surface area contributed by atoms with Crippen molar-refractivity contribution in [1.29, 1.82) is 0 Å². The van der Waals surface area contributed by atoms with Crippen molar-refractivity contribution < 1.29 is 18.3 Å². The number of pyridine rings is 3. The highest BCUT2D eigenvalue weighted by Gasteiger charge is 2.29. The average Bonchev–Trinajstić information content (AvgIpc) is 2.98. The monoisotopic (exact) mass is 547 g/mol. The molecular formula is C30H31F2N5O3. The van der Waals surface area contributed by atoms with Crippen molar-refractivity contribution in [2.24, 2.45) is 0 Å². The SMILES string of the molecule is COc1cc(CN(Cc2cn3c4c(c(F)c(F)cc4c2=O)OCC3)[C@H]2CCCN(c3ccc(C)nc3)C2)ccn1. The van der Waals surface area contributed by atoms with Crippen LogP contribution < -0.4 is 19.8 Å². The molecule has 0 bridgehead atoms. The van der Waals surface area contributed by atoms with Gasteiger partial charge in [0.05, 0.1) is 36.4 Å². The first-order chi connectivity index (χ1) is 19.4. The molecule has 0 amide bonds. The molecule has 0 saturated carbocycles. The highest BCUT2D eigenvalue weighted by atomic mass is 19.2. The Kier molecular flexibility index (Phi) is 7.10. The number of ether oxygens (including phenoxy) is 2. The minimum atomic E-state index is -1.08.